The molecule has 0 heterocycles. The molecule has 1 heteroatoms. The van der Waals surface area contributed by atoms with Crippen molar-refractivity contribution in [2.45, 2.75) is 79.8 Å². The Kier molecular flexibility index (Phi) is 10.8. The molecule has 2 aromatic carbocycles. The molecule has 1 fully saturated rings. The highest BCUT2D eigenvalue weighted by atomic mass is 16.5. The lowest BCUT2D eigenvalue weighted by Crippen LogP contribution is -2.10. The van der Waals surface area contributed by atoms with E-state index in [0.717, 1.165) is 17.6 Å². The molecule has 144 valence electrons. The molecule has 26 heavy (non-hydrogen) atoms. The molecule has 1 aliphatic rings. The van der Waals surface area contributed by atoms with Crippen LogP contribution in [0.2, 0.25) is 0 Å². The maximum atomic E-state index is 5.89. The van der Waals surface area contributed by atoms with Gasteiger partial charge in [-0.3, -0.25) is 0 Å². The van der Waals surface area contributed by atoms with E-state index in [1.54, 1.807) is 0 Å². The Morgan fingerprint density at radius 2 is 1.31 bits per heavy atom. The number of aryl methyl sites for hydroxylation is 1. The third-order valence-corrected chi connectivity index (χ3v) is 4.89. The summed E-state index contributed by atoms with van der Waals surface area (Å²) in [5, 5.41) is 0. The molecule has 1 aliphatic carbocycles. The molecule has 0 radical (unpaired) electrons. The number of hydrogen-bond acceptors (Lipinski definition) is 1. The van der Waals surface area contributed by atoms with Crippen LogP contribution >= 0.6 is 0 Å². The average Bonchev–Trinajstić information content (AvgIpc) is 2.72. The van der Waals surface area contributed by atoms with E-state index in [0.29, 0.717) is 6.61 Å². The van der Waals surface area contributed by atoms with Crippen LogP contribution < -0.4 is 4.74 Å². The first-order valence-corrected chi connectivity index (χ1v) is 10.5. The van der Waals surface area contributed by atoms with Crippen molar-refractivity contribution in [2.24, 2.45) is 5.92 Å². The maximum Gasteiger partial charge on any atom is 0.119 e. The molecule has 0 unspecified atom stereocenters. The second-order valence-electron chi connectivity index (χ2n) is 6.80. The summed E-state index contributed by atoms with van der Waals surface area (Å²) in [4.78, 5) is 0. The Morgan fingerprint density at radius 1 is 0.769 bits per heavy atom. The van der Waals surface area contributed by atoms with E-state index in [4.69, 9.17) is 4.74 Å². The Labute approximate surface area is 161 Å². The van der Waals surface area contributed by atoms with Crippen LogP contribution in [0.1, 0.15) is 82.9 Å². The molecule has 0 bridgehead atoms. The van der Waals surface area contributed by atoms with Gasteiger partial charge in [0, 0.05) is 0 Å². The van der Waals surface area contributed by atoms with Gasteiger partial charge < -0.3 is 4.74 Å². The molecule has 3 rings (SSSR count). The third-order valence-electron chi connectivity index (χ3n) is 4.89. The predicted molar refractivity (Wildman–Crippen MR) is 115 cm³/mol. The lowest BCUT2D eigenvalue weighted by Gasteiger charge is -2.26. The molecule has 1 saturated carbocycles. The minimum atomic E-state index is 0.639. The van der Waals surface area contributed by atoms with Gasteiger partial charge in [-0.05, 0) is 54.9 Å². The summed E-state index contributed by atoms with van der Waals surface area (Å²) in [6, 6.07) is 17.3. The first kappa shape index (κ1) is 22.3. The van der Waals surface area contributed by atoms with Gasteiger partial charge in [0.2, 0.25) is 0 Å². The van der Waals surface area contributed by atoms with Crippen molar-refractivity contribution in [1.29, 1.82) is 0 Å². The molecule has 2 aromatic rings. The second kappa shape index (κ2) is 12.6. The minimum Gasteiger partial charge on any atom is -0.489 e. The van der Waals surface area contributed by atoms with Crippen molar-refractivity contribution in [3.63, 3.8) is 0 Å². The van der Waals surface area contributed by atoms with E-state index in [2.05, 4.69) is 62.4 Å². The summed E-state index contributed by atoms with van der Waals surface area (Å²) >= 11 is 0. The lowest BCUT2D eigenvalue weighted by atomic mass is 9.79. The molecular formula is C25H38O. The largest absolute Gasteiger partial charge is 0.489 e. The van der Waals surface area contributed by atoms with Crippen LogP contribution in [0.25, 0.3) is 0 Å². The fraction of sp³-hybridized carbons (Fsp3) is 0.520. The van der Waals surface area contributed by atoms with Crippen LogP contribution in [-0.2, 0) is 6.61 Å². The highest BCUT2D eigenvalue weighted by Gasteiger charge is 2.19. The molecule has 1 nitrogen and oxygen atoms in total. The molecule has 0 spiro atoms. The van der Waals surface area contributed by atoms with Crippen LogP contribution in [0.3, 0.4) is 0 Å². The van der Waals surface area contributed by atoms with Gasteiger partial charge in [-0.25, -0.2) is 0 Å². The molecule has 0 atom stereocenters. The first-order chi connectivity index (χ1) is 12.7. The molecular weight excluding hydrogens is 316 g/mol. The number of rotatable bonds is 4. The Morgan fingerprint density at radius 3 is 1.85 bits per heavy atom. The zero-order valence-corrected chi connectivity index (χ0v) is 17.7. The Bertz CT molecular complexity index is 575. The van der Waals surface area contributed by atoms with E-state index in [1.165, 1.54) is 42.4 Å². The second-order valence-corrected chi connectivity index (χ2v) is 6.80. The SMILES string of the molecule is CC.CC.Cc1ccc(COc2ccc(C3CCC(C)CC3)cc2)cc1. The zero-order chi connectivity index (χ0) is 19.4. The number of ether oxygens (including phenoxy) is 1. The monoisotopic (exact) mass is 354 g/mol. The van der Waals surface area contributed by atoms with E-state index in [9.17, 15) is 0 Å². The quantitative estimate of drug-likeness (QED) is 0.542. The summed E-state index contributed by atoms with van der Waals surface area (Å²) in [6.45, 7) is 13.1. The summed E-state index contributed by atoms with van der Waals surface area (Å²) < 4.78 is 5.89. The predicted octanol–water partition coefficient (Wildman–Crippen LogP) is 7.92. The normalized spacial score (nSPS) is 18.7. The van der Waals surface area contributed by atoms with E-state index in [1.807, 2.05) is 27.7 Å². The Balaban J connectivity index is 0.000000791. The van der Waals surface area contributed by atoms with Gasteiger partial charge in [-0.2, -0.15) is 0 Å². The van der Waals surface area contributed by atoms with Crippen LogP contribution in [0.15, 0.2) is 48.5 Å². The lowest BCUT2D eigenvalue weighted by molar-refractivity contribution is 0.305. The van der Waals surface area contributed by atoms with Crippen molar-refractivity contribution in [3.05, 3.63) is 65.2 Å². The molecule has 0 N–H and O–H groups in total. The fourth-order valence-electron chi connectivity index (χ4n) is 3.28. The van der Waals surface area contributed by atoms with Crippen LogP contribution in [0.5, 0.6) is 5.75 Å². The van der Waals surface area contributed by atoms with E-state index >= 15 is 0 Å². The van der Waals surface area contributed by atoms with Gasteiger partial charge in [0.25, 0.3) is 0 Å². The van der Waals surface area contributed by atoms with Gasteiger partial charge in [0.15, 0.2) is 0 Å². The Hall–Kier alpha value is -1.76. The number of benzene rings is 2. The standard InChI is InChI=1S/C21H26O.2C2H6/c1-16-3-7-18(8-4-16)15-22-21-13-11-20(12-14-21)19-9-5-17(2)6-10-19;2*1-2/h3-4,7-8,11-14,17,19H,5-6,9-10,15H2,1-2H3;2*1-2H3. The van der Waals surface area contributed by atoms with Crippen molar-refractivity contribution < 1.29 is 4.74 Å². The van der Waals surface area contributed by atoms with E-state index in [-0.39, 0.29) is 0 Å². The summed E-state index contributed by atoms with van der Waals surface area (Å²) in [5.74, 6) is 2.63. The van der Waals surface area contributed by atoms with Crippen molar-refractivity contribution in [2.75, 3.05) is 0 Å². The van der Waals surface area contributed by atoms with Crippen LogP contribution in [0.4, 0.5) is 0 Å². The third kappa shape index (κ3) is 7.23. The minimum absolute atomic E-state index is 0.639. The van der Waals surface area contributed by atoms with Gasteiger partial charge >= 0.3 is 0 Å². The summed E-state index contributed by atoms with van der Waals surface area (Å²) in [7, 11) is 0. The van der Waals surface area contributed by atoms with Crippen molar-refractivity contribution in [3.8, 4) is 5.75 Å². The smallest absolute Gasteiger partial charge is 0.119 e. The number of hydrogen-bond donors (Lipinski definition) is 0. The van der Waals surface area contributed by atoms with Gasteiger partial charge in [-0.15, -0.1) is 0 Å². The highest BCUT2D eigenvalue weighted by Crippen LogP contribution is 2.35. The summed E-state index contributed by atoms with van der Waals surface area (Å²) in [6.07, 6.45) is 5.42. The fourth-order valence-corrected chi connectivity index (χ4v) is 3.28. The molecule has 0 saturated heterocycles. The zero-order valence-electron chi connectivity index (χ0n) is 17.7. The molecule has 0 aromatic heterocycles. The van der Waals surface area contributed by atoms with Gasteiger partial charge in [0.05, 0.1) is 0 Å². The molecule has 0 aliphatic heterocycles. The van der Waals surface area contributed by atoms with Crippen LogP contribution in [0, 0.1) is 12.8 Å². The van der Waals surface area contributed by atoms with Crippen molar-refractivity contribution in [1.82, 2.24) is 0 Å². The summed E-state index contributed by atoms with van der Waals surface area (Å²) in [5.41, 5.74) is 3.99. The molecule has 0 amide bonds. The van der Waals surface area contributed by atoms with Gasteiger partial charge in [0.1, 0.15) is 12.4 Å². The van der Waals surface area contributed by atoms with Gasteiger partial charge in [-0.1, -0.05) is 89.4 Å². The van der Waals surface area contributed by atoms with Crippen LogP contribution in [-0.4, -0.2) is 0 Å². The average molecular weight is 355 g/mol. The van der Waals surface area contributed by atoms with E-state index < -0.39 is 0 Å². The topological polar surface area (TPSA) is 9.23 Å². The highest BCUT2D eigenvalue weighted by molar-refractivity contribution is 5.30. The first-order valence-electron chi connectivity index (χ1n) is 10.5. The maximum absolute atomic E-state index is 5.89. The van der Waals surface area contributed by atoms with Crippen molar-refractivity contribution >= 4 is 0 Å².